The van der Waals surface area contributed by atoms with Crippen LogP contribution in [0.15, 0.2) is 12.7 Å². The van der Waals surface area contributed by atoms with Gasteiger partial charge >= 0.3 is 0 Å². The molecule has 0 fully saturated rings. The van der Waals surface area contributed by atoms with Gasteiger partial charge in [-0.3, -0.25) is 4.79 Å². The number of rotatable bonds is 9. The van der Waals surface area contributed by atoms with Gasteiger partial charge in [-0.1, -0.05) is 19.4 Å². The smallest absolute Gasteiger partial charge is 0.136 e. The van der Waals surface area contributed by atoms with E-state index in [-0.39, 0.29) is 0 Å². The van der Waals surface area contributed by atoms with Crippen LogP contribution < -0.4 is 5.32 Å². The van der Waals surface area contributed by atoms with Crippen LogP contribution in [0.5, 0.6) is 0 Å². The van der Waals surface area contributed by atoms with Crippen molar-refractivity contribution < 1.29 is 4.79 Å². The van der Waals surface area contributed by atoms with Gasteiger partial charge in [-0.25, -0.2) is 0 Å². The Bertz CT molecular complexity index is 143. The second-order valence-corrected chi connectivity index (χ2v) is 3.24. The molecule has 0 radical (unpaired) electrons. The number of ketones is 1. The molecule has 2 nitrogen and oxygen atoms in total. The van der Waals surface area contributed by atoms with Gasteiger partial charge in [0.15, 0.2) is 0 Å². The van der Waals surface area contributed by atoms with Gasteiger partial charge < -0.3 is 5.32 Å². The Morgan fingerprint density at radius 3 is 2.69 bits per heavy atom. The lowest BCUT2D eigenvalue weighted by molar-refractivity contribution is -0.118. The van der Waals surface area contributed by atoms with E-state index in [4.69, 9.17) is 0 Å². The largest absolute Gasteiger partial charge is 0.317 e. The molecule has 0 atom stereocenters. The van der Waals surface area contributed by atoms with Gasteiger partial charge in [-0.2, -0.15) is 0 Å². The van der Waals surface area contributed by atoms with E-state index < -0.39 is 0 Å². The number of unbranched alkanes of at least 4 members (excludes halogenated alkanes) is 1. The first-order valence-electron chi connectivity index (χ1n) is 5.14. The predicted octanol–water partition coefficient (Wildman–Crippen LogP) is 2.30. The highest BCUT2D eigenvalue weighted by Gasteiger charge is 1.97. The molecule has 76 valence electrons. The van der Waals surface area contributed by atoms with Crippen molar-refractivity contribution in [3.05, 3.63) is 12.7 Å². The average molecular weight is 183 g/mol. The van der Waals surface area contributed by atoms with Crippen molar-refractivity contribution in [3.8, 4) is 0 Å². The van der Waals surface area contributed by atoms with Crippen molar-refractivity contribution >= 4 is 5.78 Å². The van der Waals surface area contributed by atoms with Gasteiger partial charge in [-0.05, 0) is 25.9 Å². The molecular weight excluding hydrogens is 162 g/mol. The molecular formula is C11H21NO. The highest BCUT2D eigenvalue weighted by Crippen LogP contribution is 1.94. The van der Waals surface area contributed by atoms with Crippen molar-refractivity contribution in [1.29, 1.82) is 0 Å². The Hall–Kier alpha value is -0.630. The first-order chi connectivity index (χ1) is 6.31. The molecule has 0 saturated heterocycles. The fourth-order valence-corrected chi connectivity index (χ4v) is 1.10. The third kappa shape index (κ3) is 9.28. The molecule has 1 N–H and O–H groups in total. The molecule has 0 aromatic rings. The Morgan fingerprint density at radius 1 is 1.38 bits per heavy atom. The number of nitrogens with one attached hydrogen (secondary N) is 1. The van der Waals surface area contributed by atoms with E-state index in [2.05, 4.69) is 18.8 Å². The van der Waals surface area contributed by atoms with Crippen LogP contribution in [0.3, 0.4) is 0 Å². The van der Waals surface area contributed by atoms with E-state index >= 15 is 0 Å². The summed E-state index contributed by atoms with van der Waals surface area (Å²) in [4.78, 5) is 11.0. The number of hydrogen-bond donors (Lipinski definition) is 1. The molecule has 0 bridgehead atoms. The van der Waals surface area contributed by atoms with Gasteiger partial charge in [0, 0.05) is 12.8 Å². The summed E-state index contributed by atoms with van der Waals surface area (Å²) >= 11 is 0. The predicted molar refractivity (Wildman–Crippen MR) is 56.8 cm³/mol. The lowest BCUT2D eigenvalue weighted by Crippen LogP contribution is -2.17. The lowest BCUT2D eigenvalue weighted by Gasteiger charge is -2.02. The molecule has 0 aliphatic carbocycles. The molecule has 0 aliphatic heterocycles. The molecule has 0 aliphatic rings. The second kappa shape index (κ2) is 9.46. The van der Waals surface area contributed by atoms with Crippen molar-refractivity contribution in [2.45, 2.75) is 39.0 Å². The van der Waals surface area contributed by atoms with Gasteiger partial charge in [0.25, 0.3) is 0 Å². The quantitative estimate of drug-likeness (QED) is 0.439. The number of Topliss-reactive ketones (excluding diaryl/α,β-unsaturated/α-hetero) is 1. The summed E-state index contributed by atoms with van der Waals surface area (Å²) < 4.78 is 0. The zero-order valence-corrected chi connectivity index (χ0v) is 8.64. The second-order valence-electron chi connectivity index (χ2n) is 3.24. The molecule has 0 heterocycles. The van der Waals surface area contributed by atoms with Gasteiger partial charge in [0.1, 0.15) is 5.78 Å². The minimum Gasteiger partial charge on any atom is -0.317 e. The van der Waals surface area contributed by atoms with Gasteiger partial charge in [0.05, 0.1) is 0 Å². The van der Waals surface area contributed by atoms with Gasteiger partial charge in [-0.15, -0.1) is 6.58 Å². The van der Waals surface area contributed by atoms with E-state index in [0.29, 0.717) is 18.6 Å². The van der Waals surface area contributed by atoms with Crippen molar-refractivity contribution in [3.63, 3.8) is 0 Å². The summed E-state index contributed by atoms with van der Waals surface area (Å²) in [6.07, 6.45) is 6.28. The number of allylic oxidation sites excluding steroid dienone is 1. The minimum atomic E-state index is 0.298. The number of hydrogen-bond acceptors (Lipinski definition) is 2. The Labute approximate surface area is 81.4 Å². The molecule has 0 aromatic carbocycles. The van der Waals surface area contributed by atoms with Crippen LogP contribution in [-0.2, 0) is 4.79 Å². The third-order valence-electron chi connectivity index (χ3n) is 1.89. The SMILES string of the molecule is C=CCC(=O)CCCNCCCC. The molecule has 0 spiro atoms. The maximum atomic E-state index is 11.0. The number of carbonyl (C=O) groups is 1. The molecule has 0 amide bonds. The monoisotopic (exact) mass is 183 g/mol. The summed E-state index contributed by atoms with van der Waals surface area (Å²) in [5, 5.41) is 3.31. The normalized spacial score (nSPS) is 9.92. The van der Waals surface area contributed by atoms with E-state index in [1.54, 1.807) is 6.08 Å². The fraction of sp³-hybridized carbons (Fsp3) is 0.727. The average Bonchev–Trinajstić information content (AvgIpc) is 2.11. The highest BCUT2D eigenvalue weighted by molar-refractivity contribution is 5.79. The minimum absolute atomic E-state index is 0.298. The molecule has 0 aromatic heterocycles. The Kier molecular flexibility index (Phi) is 9.00. The number of carbonyl (C=O) groups excluding carboxylic acids is 1. The topological polar surface area (TPSA) is 29.1 Å². The first kappa shape index (κ1) is 12.4. The van der Waals surface area contributed by atoms with Gasteiger partial charge in [0.2, 0.25) is 0 Å². The van der Waals surface area contributed by atoms with Crippen LogP contribution >= 0.6 is 0 Å². The standard InChI is InChI=1S/C11H21NO/c1-3-5-9-12-10-6-8-11(13)7-4-2/h4,12H,2-3,5-10H2,1H3. The fourth-order valence-electron chi connectivity index (χ4n) is 1.10. The summed E-state index contributed by atoms with van der Waals surface area (Å²) in [6, 6.07) is 0. The highest BCUT2D eigenvalue weighted by atomic mass is 16.1. The summed E-state index contributed by atoms with van der Waals surface area (Å²) in [5.41, 5.74) is 0. The van der Waals surface area contributed by atoms with Crippen molar-refractivity contribution in [2.75, 3.05) is 13.1 Å². The maximum Gasteiger partial charge on any atom is 0.136 e. The summed E-state index contributed by atoms with van der Waals surface area (Å²) in [6.45, 7) is 7.75. The van der Waals surface area contributed by atoms with E-state index in [1.165, 1.54) is 12.8 Å². The third-order valence-corrected chi connectivity index (χ3v) is 1.89. The van der Waals surface area contributed by atoms with Crippen LogP contribution in [-0.4, -0.2) is 18.9 Å². The first-order valence-corrected chi connectivity index (χ1v) is 5.14. The summed E-state index contributed by atoms with van der Waals surface area (Å²) in [7, 11) is 0. The van der Waals surface area contributed by atoms with E-state index in [0.717, 1.165) is 19.5 Å². The van der Waals surface area contributed by atoms with E-state index in [9.17, 15) is 4.79 Å². The Balaban J connectivity index is 3.06. The zero-order valence-electron chi connectivity index (χ0n) is 8.64. The summed E-state index contributed by atoms with van der Waals surface area (Å²) in [5.74, 6) is 0.298. The molecule has 13 heavy (non-hydrogen) atoms. The molecule has 2 heteroatoms. The Morgan fingerprint density at radius 2 is 2.08 bits per heavy atom. The van der Waals surface area contributed by atoms with Crippen molar-refractivity contribution in [1.82, 2.24) is 5.32 Å². The zero-order chi connectivity index (χ0) is 9.94. The van der Waals surface area contributed by atoms with Crippen LogP contribution in [0, 0.1) is 0 Å². The van der Waals surface area contributed by atoms with E-state index in [1.807, 2.05) is 0 Å². The van der Waals surface area contributed by atoms with Crippen LogP contribution in [0.25, 0.3) is 0 Å². The molecule has 0 rings (SSSR count). The maximum absolute atomic E-state index is 11.0. The lowest BCUT2D eigenvalue weighted by atomic mass is 10.1. The molecule has 0 unspecified atom stereocenters. The van der Waals surface area contributed by atoms with Crippen LogP contribution in [0.1, 0.15) is 39.0 Å². The van der Waals surface area contributed by atoms with Crippen LogP contribution in [0.2, 0.25) is 0 Å². The van der Waals surface area contributed by atoms with Crippen molar-refractivity contribution in [2.24, 2.45) is 0 Å². The van der Waals surface area contributed by atoms with Crippen LogP contribution in [0.4, 0.5) is 0 Å². The molecule has 0 saturated carbocycles.